The largest absolute Gasteiger partial charge is 0.368 e. The van der Waals surface area contributed by atoms with E-state index < -0.39 is 0 Å². The molecule has 3 rings (SSSR count). The topological polar surface area (TPSA) is 51.5 Å². The molecule has 16 heavy (non-hydrogen) atoms. The molecular formula is C11H14N4O. The van der Waals surface area contributed by atoms with Crippen molar-refractivity contribution in [2.45, 2.75) is 13.0 Å². The molecule has 0 bridgehead atoms. The van der Waals surface area contributed by atoms with Crippen LogP contribution in [0.25, 0.3) is 5.65 Å². The van der Waals surface area contributed by atoms with Crippen LogP contribution in [0.4, 0.5) is 0 Å². The zero-order valence-corrected chi connectivity index (χ0v) is 9.18. The van der Waals surface area contributed by atoms with Gasteiger partial charge in [0.1, 0.15) is 6.10 Å². The van der Waals surface area contributed by atoms with Gasteiger partial charge in [0.15, 0.2) is 11.5 Å². The number of hydrogen-bond donors (Lipinski definition) is 1. The molecule has 0 aromatic carbocycles. The van der Waals surface area contributed by atoms with E-state index in [-0.39, 0.29) is 6.10 Å². The van der Waals surface area contributed by atoms with E-state index in [0.717, 1.165) is 36.9 Å². The van der Waals surface area contributed by atoms with Crippen molar-refractivity contribution in [3.05, 3.63) is 29.7 Å². The van der Waals surface area contributed by atoms with Gasteiger partial charge in [-0.25, -0.2) is 0 Å². The van der Waals surface area contributed by atoms with E-state index in [9.17, 15) is 0 Å². The first-order valence-corrected chi connectivity index (χ1v) is 5.49. The smallest absolute Gasteiger partial charge is 0.168 e. The van der Waals surface area contributed by atoms with E-state index in [1.165, 1.54) is 0 Å². The van der Waals surface area contributed by atoms with E-state index in [4.69, 9.17) is 4.74 Å². The maximum atomic E-state index is 5.70. The van der Waals surface area contributed by atoms with Crippen LogP contribution in [0, 0.1) is 6.92 Å². The van der Waals surface area contributed by atoms with Crippen molar-refractivity contribution in [1.29, 1.82) is 0 Å². The highest BCUT2D eigenvalue weighted by Crippen LogP contribution is 2.18. The van der Waals surface area contributed by atoms with Crippen molar-refractivity contribution < 1.29 is 4.74 Å². The van der Waals surface area contributed by atoms with Crippen LogP contribution in [0.1, 0.15) is 17.6 Å². The molecule has 1 aliphatic rings. The van der Waals surface area contributed by atoms with Gasteiger partial charge in [-0.1, -0.05) is 6.07 Å². The van der Waals surface area contributed by atoms with Gasteiger partial charge in [0.2, 0.25) is 0 Å². The molecular weight excluding hydrogens is 204 g/mol. The van der Waals surface area contributed by atoms with Crippen molar-refractivity contribution in [2.24, 2.45) is 0 Å². The second-order valence-electron chi connectivity index (χ2n) is 3.98. The first-order chi connectivity index (χ1) is 7.86. The molecule has 1 saturated heterocycles. The lowest BCUT2D eigenvalue weighted by Gasteiger charge is -2.22. The van der Waals surface area contributed by atoms with Crippen molar-refractivity contribution in [1.82, 2.24) is 19.9 Å². The number of rotatable bonds is 1. The highest BCUT2D eigenvalue weighted by molar-refractivity contribution is 5.40. The van der Waals surface area contributed by atoms with Gasteiger partial charge >= 0.3 is 0 Å². The fraction of sp³-hybridized carbons (Fsp3) is 0.455. The molecule has 0 aliphatic carbocycles. The van der Waals surface area contributed by atoms with E-state index in [2.05, 4.69) is 32.9 Å². The molecule has 1 aliphatic heterocycles. The molecule has 5 heteroatoms. The van der Waals surface area contributed by atoms with Gasteiger partial charge in [-0.15, -0.1) is 10.2 Å². The van der Waals surface area contributed by atoms with Gasteiger partial charge in [-0.3, -0.25) is 4.40 Å². The number of morpholine rings is 1. The van der Waals surface area contributed by atoms with Crippen LogP contribution in [0.5, 0.6) is 0 Å². The quantitative estimate of drug-likeness (QED) is 0.765. The van der Waals surface area contributed by atoms with Crippen LogP contribution in [0.2, 0.25) is 0 Å². The summed E-state index contributed by atoms with van der Waals surface area (Å²) in [6, 6.07) is 6.00. The lowest BCUT2D eigenvalue weighted by atomic mass is 10.2. The van der Waals surface area contributed by atoms with E-state index in [0.29, 0.717) is 0 Å². The Labute approximate surface area is 93.4 Å². The van der Waals surface area contributed by atoms with Crippen LogP contribution in [-0.2, 0) is 4.74 Å². The summed E-state index contributed by atoms with van der Waals surface area (Å²) >= 11 is 0. The predicted octanol–water partition coefficient (Wildman–Crippen LogP) is 0.699. The molecule has 0 radical (unpaired) electrons. The van der Waals surface area contributed by atoms with Gasteiger partial charge in [0.05, 0.1) is 6.61 Å². The summed E-state index contributed by atoms with van der Waals surface area (Å²) in [5.41, 5.74) is 2.01. The summed E-state index contributed by atoms with van der Waals surface area (Å²) in [5, 5.41) is 11.7. The Balaban J connectivity index is 2.09. The van der Waals surface area contributed by atoms with Gasteiger partial charge in [-0.05, 0) is 19.1 Å². The van der Waals surface area contributed by atoms with Crippen molar-refractivity contribution in [2.75, 3.05) is 19.7 Å². The van der Waals surface area contributed by atoms with Crippen LogP contribution in [-0.4, -0.2) is 34.3 Å². The summed E-state index contributed by atoms with van der Waals surface area (Å²) in [5.74, 6) is 0.889. The Bertz CT molecular complexity index is 502. The maximum absolute atomic E-state index is 5.70. The molecule has 1 fully saturated rings. The summed E-state index contributed by atoms with van der Waals surface area (Å²) in [6.07, 6.45) is 0.00449. The van der Waals surface area contributed by atoms with Gasteiger partial charge < -0.3 is 10.1 Å². The van der Waals surface area contributed by atoms with Gasteiger partial charge in [0.25, 0.3) is 0 Å². The van der Waals surface area contributed by atoms with Crippen molar-refractivity contribution in [3.63, 3.8) is 0 Å². The fourth-order valence-electron chi connectivity index (χ4n) is 2.07. The minimum atomic E-state index is 0.00449. The van der Waals surface area contributed by atoms with E-state index in [1.54, 1.807) is 0 Å². The summed E-state index contributed by atoms with van der Waals surface area (Å²) in [6.45, 7) is 4.49. The molecule has 1 unspecified atom stereocenters. The maximum Gasteiger partial charge on any atom is 0.168 e. The monoisotopic (exact) mass is 218 g/mol. The summed E-state index contributed by atoms with van der Waals surface area (Å²) in [4.78, 5) is 0. The normalized spacial score (nSPS) is 21.4. The minimum absolute atomic E-state index is 0.00449. The molecule has 5 nitrogen and oxygen atoms in total. The van der Waals surface area contributed by atoms with Crippen LogP contribution in [0.3, 0.4) is 0 Å². The van der Waals surface area contributed by atoms with Gasteiger partial charge in [0, 0.05) is 18.8 Å². The highest BCUT2D eigenvalue weighted by atomic mass is 16.5. The first kappa shape index (κ1) is 9.74. The lowest BCUT2D eigenvalue weighted by molar-refractivity contribution is 0.0214. The number of nitrogens with zero attached hydrogens (tertiary/aromatic N) is 3. The average Bonchev–Trinajstić information content (AvgIpc) is 2.75. The van der Waals surface area contributed by atoms with E-state index in [1.807, 2.05) is 12.1 Å². The first-order valence-electron chi connectivity index (χ1n) is 5.49. The Morgan fingerprint density at radius 2 is 2.38 bits per heavy atom. The third-order valence-corrected chi connectivity index (χ3v) is 2.86. The van der Waals surface area contributed by atoms with Gasteiger partial charge in [-0.2, -0.15) is 0 Å². The highest BCUT2D eigenvalue weighted by Gasteiger charge is 2.21. The zero-order valence-electron chi connectivity index (χ0n) is 9.18. The van der Waals surface area contributed by atoms with Crippen molar-refractivity contribution >= 4 is 5.65 Å². The molecule has 2 aromatic heterocycles. The second kappa shape index (κ2) is 3.84. The number of hydrogen-bond acceptors (Lipinski definition) is 4. The Morgan fingerprint density at radius 3 is 3.19 bits per heavy atom. The van der Waals surface area contributed by atoms with Crippen LogP contribution < -0.4 is 5.32 Å². The molecule has 0 amide bonds. The number of nitrogens with one attached hydrogen (secondary N) is 1. The summed E-state index contributed by atoms with van der Waals surface area (Å²) < 4.78 is 7.75. The summed E-state index contributed by atoms with van der Waals surface area (Å²) in [7, 11) is 0. The molecule has 2 aromatic rings. The SMILES string of the molecule is Cc1cccc2nnc(C3CNCCO3)n12. The number of ether oxygens (including phenoxy) is 1. The zero-order chi connectivity index (χ0) is 11.0. The number of aryl methyl sites for hydroxylation is 1. The standard InChI is InChI=1S/C11H14N4O/c1-8-3-2-4-10-13-14-11(15(8)10)9-7-12-5-6-16-9/h2-4,9,12H,5-7H2,1H3. The number of pyridine rings is 1. The average molecular weight is 218 g/mol. The Morgan fingerprint density at radius 1 is 1.44 bits per heavy atom. The fourth-order valence-corrected chi connectivity index (χ4v) is 2.07. The predicted molar refractivity (Wildman–Crippen MR) is 59.3 cm³/mol. The van der Waals surface area contributed by atoms with Crippen molar-refractivity contribution in [3.8, 4) is 0 Å². The third-order valence-electron chi connectivity index (χ3n) is 2.86. The molecule has 1 atom stereocenters. The van der Waals surface area contributed by atoms with Crippen LogP contribution in [0.15, 0.2) is 18.2 Å². The molecule has 3 heterocycles. The second-order valence-corrected chi connectivity index (χ2v) is 3.98. The lowest BCUT2D eigenvalue weighted by Crippen LogP contribution is -2.34. The van der Waals surface area contributed by atoms with E-state index >= 15 is 0 Å². The molecule has 0 saturated carbocycles. The third kappa shape index (κ3) is 1.48. The molecule has 84 valence electrons. The Hall–Kier alpha value is -1.46. The number of aromatic nitrogens is 3. The minimum Gasteiger partial charge on any atom is -0.368 e. The number of fused-ring (bicyclic) bond motifs is 1. The molecule has 0 spiro atoms. The van der Waals surface area contributed by atoms with Crippen LogP contribution >= 0.6 is 0 Å². The Kier molecular flexibility index (Phi) is 2.34. The molecule has 1 N–H and O–H groups in total.